The summed E-state index contributed by atoms with van der Waals surface area (Å²) in [5, 5.41) is 35.7. The molecule has 8 nitrogen and oxygen atoms in total. The molecule has 4 aliphatic carbocycles. The van der Waals surface area contributed by atoms with Gasteiger partial charge in [-0.3, -0.25) is 0 Å². The Kier molecular flexibility index (Phi) is 5.40. The van der Waals surface area contributed by atoms with Crippen molar-refractivity contribution in [2.45, 2.75) is 67.7 Å². The monoisotopic (exact) mass is 453 g/mol. The van der Waals surface area contributed by atoms with E-state index in [1.54, 1.807) is 21.3 Å². The van der Waals surface area contributed by atoms with E-state index < -0.39 is 29.0 Å². The van der Waals surface area contributed by atoms with Crippen LogP contribution >= 0.6 is 0 Å². The summed E-state index contributed by atoms with van der Waals surface area (Å²) < 4.78 is 24.2. The molecule has 4 bridgehead atoms. The van der Waals surface area contributed by atoms with Crippen LogP contribution in [0.3, 0.4) is 0 Å². The normalized spacial score (nSPS) is 51.5. The van der Waals surface area contributed by atoms with Gasteiger partial charge in [0.05, 0.1) is 30.5 Å². The van der Waals surface area contributed by atoms with Crippen LogP contribution in [0.25, 0.3) is 0 Å². The minimum Gasteiger partial charge on any atom is -0.388 e. The van der Waals surface area contributed by atoms with Crippen molar-refractivity contribution in [2.75, 3.05) is 54.7 Å². The molecule has 8 heteroatoms. The second-order valence-electron chi connectivity index (χ2n) is 10.9. The van der Waals surface area contributed by atoms with Crippen LogP contribution in [0, 0.1) is 17.3 Å². The highest BCUT2D eigenvalue weighted by Gasteiger charge is 2.81. The second kappa shape index (κ2) is 7.46. The summed E-state index contributed by atoms with van der Waals surface area (Å²) in [6.45, 7) is 4.84. The van der Waals surface area contributed by atoms with Gasteiger partial charge >= 0.3 is 0 Å². The molecule has 5 rings (SSSR count). The highest BCUT2D eigenvalue weighted by Crippen LogP contribution is 2.71. The van der Waals surface area contributed by atoms with E-state index in [4.69, 9.17) is 18.9 Å². The molecule has 1 heterocycles. The summed E-state index contributed by atoms with van der Waals surface area (Å²) in [5.74, 6) is -0.346. The van der Waals surface area contributed by atoms with Gasteiger partial charge in [0.15, 0.2) is 0 Å². The van der Waals surface area contributed by atoms with Gasteiger partial charge in [-0.05, 0) is 37.6 Å². The molecule has 0 aromatic rings. The fourth-order valence-corrected chi connectivity index (χ4v) is 8.40. The Morgan fingerprint density at radius 2 is 1.94 bits per heavy atom. The Hall–Kier alpha value is -0.580. The van der Waals surface area contributed by atoms with Crippen molar-refractivity contribution in [2.24, 2.45) is 17.3 Å². The topological polar surface area (TPSA) is 101 Å². The van der Waals surface area contributed by atoms with Gasteiger partial charge in [-0.15, -0.1) is 0 Å². The molecule has 0 radical (unpaired) electrons. The first kappa shape index (κ1) is 23.2. The Bertz CT molecular complexity index is 801. The van der Waals surface area contributed by atoms with Crippen molar-refractivity contribution in [1.82, 2.24) is 4.90 Å². The summed E-state index contributed by atoms with van der Waals surface area (Å²) >= 11 is 0. The molecule has 1 spiro atoms. The van der Waals surface area contributed by atoms with Gasteiger partial charge in [0.25, 0.3) is 0 Å². The standard InChI is InChI=1S/C24H39NO7/c1-6-25(2)12-21(13-29-3)7-8-32-22-11-24(28,20(31-5)19(21)22)23(27)10-16(30-4)14-9-15(22)17(23)18(14)26/h14,16,18-20,26-28H,6-13H2,1-5H3. The first-order valence-corrected chi connectivity index (χ1v) is 11.9. The lowest BCUT2D eigenvalue weighted by Gasteiger charge is -2.54. The van der Waals surface area contributed by atoms with Crippen molar-refractivity contribution in [1.29, 1.82) is 0 Å². The van der Waals surface area contributed by atoms with E-state index in [2.05, 4.69) is 18.9 Å². The molecular formula is C24H39NO7. The summed E-state index contributed by atoms with van der Waals surface area (Å²) in [6.07, 6.45) is 0.0270. The molecule has 1 saturated heterocycles. The summed E-state index contributed by atoms with van der Waals surface area (Å²) in [4.78, 5) is 2.28. The van der Waals surface area contributed by atoms with Crippen LogP contribution in [-0.2, 0) is 18.9 Å². The minimum atomic E-state index is -1.61. The van der Waals surface area contributed by atoms with Gasteiger partial charge in [0, 0.05) is 64.6 Å². The van der Waals surface area contributed by atoms with Crippen molar-refractivity contribution in [3.8, 4) is 0 Å². The lowest BCUT2D eigenvalue weighted by atomic mass is 9.61. The Morgan fingerprint density at radius 1 is 1.19 bits per heavy atom. The van der Waals surface area contributed by atoms with Crippen molar-refractivity contribution >= 4 is 0 Å². The quantitative estimate of drug-likeness (QED) is 0.475. The maximum atomic E-state index is 12.3. The third-order valence-electron chi connectivity index (χ3n) is 9.65. The number of fused-ring (bicyclic) bond motifs is 3. The number of aliphatic hydroxyl groups excluding tert-OH is 1. The van der Waals surface area contributed by atoms with Crippen molar-refractivity contribution in [3.05, 3.63) is 11.1 Å². The average Bonchev–Trinajstić information content (AvgIpc) is 3.19. The Balaban J connectivity index is 1.72. The van der Waals surface area contributed by atoms with Crippen molar-refractivity contribution in [3.63, 3.8) is 0 Å². The van der Waals surface area contributed by atoms with E-state index in [1.165, 1.54) is 0 Å². The molecule has 9 unspecified atom stereocenters. The molecule has 3 fully saturated rings. The first-order chi connectivity index (χ1) is 15.2. The molecule has 0 aromatic carbocycles. The molecule has 5 aliphatic rings. The third-order valence-corrected chi connectivity index (χ3v) is 9.65. The Labute approximate surface area is 190 Å². The van der Waals surface area contributed by atoms with Gasteiger partial charge in [-0.25, -0.2) is 0 Å². The lowest BCUT2D eigenvalue weighted by molar-refractivity contribution is -0.223. The number of ether oxygens (including phenoxy) is 4. The second-order valence-corrected chi connectivity index (χ2v) is 10.9. The number of nitrogens with zero attached hydrogens (tertiary/aromatic N) is 1. The van der Waals surface area contributed by atoms with E-state index in [9.17, 15) is 15.3 Å². The predicted molar refractivity (Wildman–Crippen MR) is 116 cm³/mol. The van der Waals surface area contributed by atoms with Crippen LogP contribution in [0.2, 0.25) is 0 Å². The van der Waals surface area contributed by atoms with Crippen molar-refractivity contribution < 1.29 is 34.3 Å². The van der Waals surface area contributed by atoms with Crippen LogP contribution in [-0.4, -0.2) is 110 Å². The Morgan fingerprint density at radius 3 is 2.56 bits per heavy atom. The van der Waals surface area contributed by atoms with E-state index in [0.29, 0.717) is 25.2 Å². The SMILES string of the molecule is CCN(C)CC1(COC)CCOC23CC(O)(C(OC)C12)C1(O)CC(OC)C2CC3=C1C2O. The fourth-order valence-electron chi connectivity index (χ4n) is 8.40. The predicted octanol–water partition coefficient (Wildman–Crippen LogP) is 0.337. The maximum Gasteiger partial charge on any atom is 0.127 e. The molecule has 32 heavy (non-hydrogen) atoms. The summed E-state index contributed by atoms with van der Waals surface area (Å²) in [6, 6.07) is 0. The first-order valence-electron chi connectivity index (χ1n) is 11.9. The minimum absolute atomic E-state index is 0.134. The fraction of sp³-hybridized carbons (Fsp3) is 0.917. The maximum absolute atomic E-state index is 12.3. The van der Waals surface area contributed by atoms with Crippen LogP contribution in [0.15, 0.2) is 11.1 Å². The van der Waals surface area contributed by atoms with Gasteiger partial charge < -0.3 is 39.2 Å². The number of methoxy groups -OCH3 is 3. The van der Waals surface area contributed by atoms with Gasteiger partial charge in [-0.1, -0.05) is 6.92 Å². The highest BCUT2D eigenvalue weighted by molar-refractivity contribution is 5.53. The molecule has 182 valence electrons. The number of aliphatic hydroxyl groups is 3. The largest absolute Gasteiger partial charge is 0.388 e. The average molecular weight is 454 g/mol. The van der Waals surface area contributed by atoms with Gasteiger partial charge in [0.1, 0.15) is 11.2 Å². The van der Waals surface area contributed by atoms with E-state index in [-0.39, 0.29) is 36.2 Å². The van der Waals surface area contributed by atoms with Crippen LogP contribution in [0.5, 0.6) is 0 Å². The number of hydrogen-bond donors (Lipinski definition) is 3. The van der Waals surface area contributed by atoms with Crippen LogP contribution in [0.4, 0.5) is 0 Å². The zero-order chi connectivity index (χ0) is 23.1. The van der Waals surface area contributed by atoms with Crippen LogP contribution in [0.1, 0.15) is 32.6 Å². The molecular weight excluding hydrogens is 414 g/mol. The summed E-state index contributed by atoms with van der Waals surface area (Å²) in [5.41, 5.74) is -2.79. The smallest absolute Gasteiger partial charge is 0.127 e. The molecule has 0 amide bonds. The summed E-state index contributed by atoms with van der Waals surface area (Å²) in [7, 11) is 7.03. The molecule has 9 atom stereocenters. The van der Waals surface area contributed by atoms with E-state index >= 15 is 0 Å². The number of hydrogen-bond acceptors (Lipinski definition) is 8. The third kappa shape index (κ3) is 2.56. The van der Waals surface area contributed by atoms with Gasteiger partial charge in [0.2, 0.25) is 0 Å². The zero-order valence-electron chi connectivity index (χ0n) is 20.0. The highest BCUT2D eigenvalue weighted by atomic mass is 16.5. The van der Waals surface area contributed by atoms with E-state index in [0.717, 1.165) is 25.1 Å². The molecule has 1 aliphatic heterocycles. The molecule has 0 aromatic heterocycles. The zero-order valence-corrected chi connectivity index (χ0v) is 20.0. The molecule has 3 N–H and O–H groups in total. The van der Waals surface area contributed by atoms with Gasteiger partial charge in [-0.2, -0.15) is 0 Å². The lowest BCUT2D eigenvalue weighted by Crippen LogP contribution is -2.67. The van der Waals surface area contributed by atoms with E-state index in [1.807, 2.05) is 0 Å². The molecule has 2 saturated carbocycles. The number of rotatable bonds is 7. The van der Waals surface area contributed by atoms with Crippen LogP contribution < -0.4 is 0 Å².